The third kappa shape index (κ3) is 5.51. The van der Waals surface area contributed by atoms with Crippen LogP contribution >= 0.6 is 0 Å². The number of pyridine rings is 1. The van der Waals surface area contributed by atoms with Gasteiger partial charge in [-0.15, -0.1) is 0 Å². The Bertz CT molecular complexity index is 1090. The molecule has 0 bridgehead atoms. The third-order valence-electron chi connectivity index (χ3n) is 6.04. The van der Waals surface area contributed by atoms with E-state index in [0.29, 0.717) is 25.0 Å². The van der Waals surface area contributed by atoms with Crippen LogP contribution in [0.4, 0.5) is 0 Å². The molecule has 1 fully saturated rings. The molecule has 3 rings (SSSR count). The van der Waals surface area contributed by atoms with Crippen LogP contribution < -0.4 is 0 Å². The minimum atomic E-state index is -3.64. The molecule has 33 heavy (non-hydrogen) atoms. The summed E-state index contributed by atoms with van der Waals surface area (Å²) >= 11 is 0. The summed E-state index contributed by atoms with van der Waals surface area (Å²) in [6.45, 7) is 6.41. The summed E-state index contributed by atoms with van der Waals surface area (Å²) in [4.78, 5) is 29.3. The van der Waals surface area contributed by atoms with Crippen molar-refractivity contribution in [3.63, 3.8) is 0 Å². The standard InChI is InChI=1S/C23H31N3O6S/c1-16-12-21(18(3)26(16)17(2)14-31-4)22(27)15-32-23(28)19-7-10-25(11-8-19)33(29,30)20-6-5-9-24-13-20/h5-6,9,12-13,17,19H,7-8,10-11,14-15H2,1-4H3. The number of esters is 1. The maximum atomic E-state index is 12.7. The number of rotatable bonds is 9. The van der Waals surface area contributed by atoms with Gasteiger partial charge in [0.15, 0.2) is 6.61 Å². The van der Waals surface area contributed by atoms with E-state index in [1.54, 1.807) is 19.2 Å². The number of carbonyl (C=O) groups is 2. The lowest BCUT2D eigenvalue weighted by Gasteiger charge is -2.29. The van der Waals surface area contributed by atoms with Crippen molar-refractivity contribution in [2.75, 3.05) is 33.4 Å². The fourth-order valence-electron chi connectivity index (χ4n) is 4.37. The number of hydrogen-bond donors (Lipinski definition) is 0. The Labute approximate surface area is 194 Å². The molecule has 10 heteroatoms. The second-order valence-corrected chi connectivity index (χ2v) is 10.3. The largest absolute Gasteiger partial charge is 0.457 e. The fraction of sp³-hybridized carbons (Fsp3) is 0.522. The molecule has 1 saturated heterocycles. The Morgan fingerprint density at radius 2 is 1.94 bits per heavy atom. The van der Waals surface area contributed by atoms with Gasteiger partial charge in [-0.2, -0.15) is 4.31 Å². The van der Waals surface area contributed by atoms with Crippen molar-refractivity contribution < 1.29 is 27.5 Å². The number of hydrogen-bond acceptors (Lipinski definition) is 7. The Morgan fingerprint density at radius 3 is 2.55 bits per heavy atom. The summed E-state index contributed by atoms with van der Waals surface area (Å²) in [5.74, 6) is -1.17. The molecule has 1 atom stereocenters. The van der Waals surface area contributed by atoms with E-state index in [9.17, 15) is 18.0 Å². The average Bonchev–Trinajstić information content (AvgIpc) is 3.12. The molecule has 0 amide bonds. The Hall–Kier alpha value is -2.56. The van der Waals surface area contributed by atoms with E-state index in [1.807, 2.05) is 25.3 Å². The molecule has 1 aliphatic rings. The lowest BCUT2D eigenvalue weighted by molar-refractivity contribution is -0.148. The maximum Gasteiger partial charge on any atom is 0.309 e. The Morgan fingerprint density at radius 1 is 1.24 bits per heavy atom. The summed E-state index contributed by atoms with van der Waals surface area (Å²) in [6, 6.07) is 4.96. The molecule has 9 nitrogen and oxygen atoms in total. The molecule has 0 N–H and O–H groups in total. The van der Waals surface area contributed by atoms with Gasteiger partial charge in [-0.1, -0.05) is 0 Å². The third-order valence-corrected chi connectivity index (χ3v) is 7.92. The molecule has 2 aromatic heterocycles. The first-order valence-corrected chi connectivity index (χ1v) is 12.4. The van der Waals surface area contributed by atoms with Gasteiger partial charge in [0.25, 0.3) is 0 Å². The number of sulfonamides is 1. The number of ether oxygens (including phenoxy) is 2. The number of Topliss-reactive ketones (excluding diaryl/α,β-unsaturated/α-hetero) is 1. The van der Waals surface area contributed by atoms with Crippen molar-refractivity contribution in [1.82, 2.24) is 13.9 Å². The van der Waals surface area contributed by atoms with Crippen molar-refractivity contribution in [2.45, 2.75) is 44.6 Å². The van der Waals surface area contributed by atoms with E-state index in [4.69, 9.17) is 9.47 Å². The second kappa shape index (κ2) is 10.6. The molecule has 3 heterocycles. The predicted octanol–water partition coefficient (Wildman–Crippen LogP) is 2.53. The summed E-state index contributed by atoms with van der Waals surface area (Å²) in [7, 11) is -2.00. The number of aryl methyl sites for hydroxylation is 1. The number of aromatic nitrogens is 2. The van der Waals surface area contributed by atoms with E-state index in [2.05, 4.69) is 4.98 Å². The van der Waals surface area contributed by atoms with Crippen LogP contribution in [0.1, 0.15) is 47.6 Å². The van der Waals surface area contributed by atoms with Crippen LogP contribution in [0.25, 0.3) is 0 Å². The van der Waals surface area contributed by atoms with Crippen molar-refractivity contribution in [1.29, 1.82) is 0 Å². The highest BCUT2D eigenvalue weighted by Gasteiger charge is 2.33. The van der Waals surface area contributed by atoms with Crippen LogP contribution in [0.15, 0.2) is 35.5 Å². The van der Waals surface area contributed by atoms with E-state index in [1.165, 1.54) is 22.8 Å². The van der Waals surface area contributed by atoms with Gasteiger partial charge in [0.05, 0.1) is 18.6 Å². The van der Waals surface area contributed by atoms with E-state index >= 15 is 0 Å². The number of methoxy groups -OCH3 is 1. The first-order chi connectivity index (χ1) is 15.7. The fourth-order valence-corrected chi connectivity index (χ4v) is 5.80. The summed E-state index contributed by atoms with van der Waals surface area (Å²) < 4.78 is 39.3. The lowest BCUT2D eigenvalue weighted by atomic mass is 9.98. The molecule has 0 saturated carbocycles. The van der Waals surface area contributed by atoms with Gasteiger partial charge in [0, 0.05) is 49.5 Å². The van der Waals surface area contributed by atoms with Gasteiger partial charge in [-0.3, -0.25) is 14.6 Å². The maximum absolute atomic E-state index is 12.7. The molecule has 180 valence electrons. The first kappa shape index (κ1) is 25.1. The number of piperidine rings is 1. The Kier molecular flexibility index (Phi) is 8.04. The normalized spacial score (nSPS) is 16.5. The van der Waals surface area contributed by atoms with Gasteiger partial charge >= 0.3 is 5.97 Å². The van der Waals surface area contributed by atoms with Gasteiger partial charge < -0.3 is 14.0 Å². The summed E-state index contributed by atoms with van der Waals surface area (Å²) in [5.41, 5.74) is 2.28. The van der Waals surface area contributed by atoms with Gasteiger partial charge in [-0.25, -0.2) is 8.42 Å². The number of nitrogens with zero attached hydrogens (tertiary/aromatic N) is 3. The van der Waals surface area contributed by atoms with E-state index in [-0.39, 0.29) is 36.4 Å². The molecule has 0 aliphatic carbocycles. The van der Waals surface area contributed by atoms with E-state index in [0.717, 1.165) is 11.4 Å². The van der Waals surface area contributed by atoms with Crippen molar-refractivity contribution in [3.05, 3.63) is 47.5 Å². The molecule has 1 aliphatic heterocycles. The van der Waals surface area contributed by atoms with Crippen LogP contribution in [0.5, 0.6) is 0 Å². The molecule has 0 radical (unpaired) electrons. The number of ketones is 1. The number of carbonyl (C=O) groups excluding carboxylic acids is 2. The molecular weight excluding hydrogens is 446 g/mol. The summed E-state index contributed by atoms with van der Waals surface area (Å²) in [5, 5.41) is 0. The summed E-state index contributed by atoms with van der Waals surface area (Å²) in [6.07, 6.45) is 3.51. The van der Waals surface area contributed by atoms with Crippen molar-refractivity contribution in [2.24, 2.45) is 5.92 Å². The van der Waals surface area contributed by atoms with E-state index < -0.39 is 21.9 Å². The smallest absolute Gasteiger partial charge is 0.309 e. The SMILES string of the molecule is COCC(C)n1c(C)cc(C(=O)COC(=O)C2CCN(S(=O)(=O)c3cccnc3)CC2)c1C. The van der Waals surface area contributed by atoms with Crippen molar-refractivity contribution >= 4 is 21.8 Å². The predicted molar refractivity (Wildman–Crippen MR) is 122 cm³/mol. The van der Waals surface area contributed by atoms with Crippen LogP contribution in [0.3, 0.4) is 0 Å². The van der Waals surface area contributed by atoms with Crippen LogP contribution in [0, 0.1) is 19.8 Å². The van der Waals surface area contributed by atoms with Gasteiger partial charge in [0.1, 0.15) is 4.90 Å². The highest BCUT2D eigenvalue weighted by molar-refractivity contribution is 7.89. The Balaban J connectivity index is 1.55. The first-order valence-electron chi connectivity index (χ1n) is 10.9. The topological polar surface area (TPSA) is 108 Å². The molecular formula is C23H31N3O6S. The van der Waals surface area contributed by atoms with Crippen LogP contribution in [-0.4, -0.2) is 67.4 Å². The highest BCUT2D eigenvalue weighted by atomic mass is 32.2. The monoisotopic (exact) mass is 477 g/mol. The zero-order chi connectivity index (χ0) is 24.2. The molecule has 1 unspecified atom stereocenters. The second-order valence-electron chi connectivity index (χ2n) is 8.36. The average molecular weight is 478 g/mol. The highest BCUT2D eigenvalue weighted by Crippen LogP contribution is 2.25. The zero-order valence-electron chi connectivity index (χ0n) is 19.5. The van der Waals surface area contributed by atoms with Crippen LogP contribution in [0.2, 0.25) is 0 Å². The van der Waals surface area contributed by atoms with Gasteiger partial charge in [0.2, 0.25) is 15.8 Å². The lowest BCUT2D eigenvalue weighted by Crippen LogP contribution is -2.40. The molecule has 0 spiro atoms. The van der Waals surface area contributed by atoms with Crippen LogP contribution in [-0.2, 0) is 24.3 Å². The molecule has 0 aromatic carbocycles. The minimum Gasteiger partial charge on any atom is -0.457 e. The van der Waals surface area contributed by atoms with Gasteiger partial charge in [-0.05, 0) is 51.8 Å². The molecule has 2 aromatic rings. The quantitative estimate of drug-likeness (QED) is 0.403. The zero-order valence-corrected chi connectivity index (χ0v) is 20.3. The van der Waals surface area contributed by atoms with Crippen molar-refractivity contribution in [3.8, 4) is 0 Å². The minimum absolute atomic E-state index is 0.0761.